The van der Waals surface area contributed by atoms with Crippen molar-refractivity contribution in [2.75, 3.05) is 82.6 Å². The monoisotopic (exact) mass is 757 g/mol. The van der Waals surface area contributed by atoms with Crippen molar-refractivity contribution in [3.8, 4) is 0 Å². The van der Waals surface area contributed by atoms with Gasteiger partial charge >= 0.3 is 0 Å². The lowest BCUT2D eigenvalue weighted by Gasteiger charge is -2.24. The van der Waals surface area contributed by atoms with Crippen molar-refractivity contribution in [1.29, 1.82) is 0 Å². The third kappa shape index (κ3) is 35.8. The van der Waals surface area contributed by atoms with Gasteiger partial charge in [-0.25, -0.2) is 20.0 Å². The van der Waals surface area contributed by atoms with Crippen LogP contribution < -0.4 is 43.0 Å². The number of carbonyl (C=O) groups is 4. The van der Waals surface area contributed by atoms with E-state index in [0.717, 1.165) is 0 Å². The molecule has 20 heteroatoms. The molecule has 0 fully saturated rings. The number of amides is 4. The highest BCUT2D eigenvalue weighted by Gasteiger charge is 2.18. The summed E-state index contributed by atoms with van der Waals surface area (Å²) >= 11 is 0. The molecule has 12 N–H and O–H groups in total. The van der Waals surface area contributed by atoms with Crippen molar-refractivity contribution in [3.63, 3.8) is 0 Å². The smallest absolute Gasteiger partial charge is 0.217 e. The van der Waals surface area contributed by atoms with Crippen molar-refractivity contribution in [2.24, 2.45) is 0 Å². The van der Waals surface area contributed by atoms with Gasteiger partial charge in [-0.1, -0.05) is 0 Å². The fourth-order valence-corrected chi connectivity index (χ4v) is 3.79. The summed E-state index contributed by atoms with van der Waals surface area (Å²) in [6.45, 7) is 14.7. The Labute approximate surface area is 312 Å². The van der Waals surface area contributed by atoms with Gasteiger partial charge < -0.3 is 41.7 Å². The molecule has 4 amide bonds. The second-order valence-corrected chi connectivity index (χ2v) is 12.6. The zero-order valence-electron chi connectivity index (χ0n) is 34.7. The molecule has 0 radical (unpaired) electrons. The quantitative estimate of drug-likeness (QED) is 0.0526. The molecule has 52 heavy (non-hydrogen) atoms. The predicted octanol–water partition coefficient (Wildman–Crippen LogP) is -4.25. The highest BCUT2D eigenvalue weighted by atomic mass is 16.3. The number of nitrogens with zero attached hydrogens (tertiary/aromatic N) is 4. The number of rotatable bonds is 20. The van der Waals surface area contributed by atoms with Crippen molar-refractivity contribution in [2.45, 2.75) is 104 Å². The minimum atomic E-state index is -0.568. The van der Waals surface area contributed by atoms with E-state index in [1.165, 1.54) is 27.7 Å². The van der Waals surface area contributed by atoms with Gasteiger partial charge in [0, 0.05) is 82.1 Å². The molecule has 0 aromatic heterocycles. The summed E-state index contributed by atoms with van der Waals surface area (Å²) in [5, 5.41) is 55.8. The lowest BCUT2D eigenvalue weighted by Crippen LogP contribution is -2.47. The van der Waals surface area contributed by atoms with Crippen molar-refractivity contribution < 1.29 is 39.6 Å². The number of likely N-dealkylation sites (N-methyl/N-ethyl adjacent to an activating group) is 4. The predicted molar refractivity (Wildman–Crippen MR) is 204 cm³/mol. The van der Waals surface area contributed by atoms with Gasteiger partial charge in [-0.3, -0.25) is 40.9 Å². The Morgan fingerprint density at radius 2 is 0.538 bits per heavy atom. The summed E-state index contributed by atoms with van der Waals surface area (Å²) in [4.78, 5) is 42.6. The molecule has 20 nitrogen and oxygen atoms in total. The van der Waals surface area contributed by atoms with Crippen LogP contribution in [0.3, 0.4) is 0 Å². The van der Waals surface area contributed by atoms with Crippen LogP contribution in [0.4, 0.5) is 0 Å². The van der Waals surface area contributed by atoms with Crippen LogP contribution in [0.15, 0.2) is 0 Å². The molecule has 0 aromatic rings. The standard InChI is InChI=1S/4C8H19N3O2/c4*1-6(10-7(2)12)8(13)5-11(4)9-3/h4*6,8-9,13H,5H2,1-4H3,(H,10,12). The Balaban J connectivity index is -0.000000295. The molecule has 8 unspecified atom stereocenters. The Kier molecular flexibility index (Phi) is 35.6. The molecule has 0 aliphatic carbocycles. The van der Waals surface area contributed by atoms with E-state index in [1.54, 1.807) is 75.9 Å². The lowest BCUT2D eigenvalue weighted by molar-refractivity contribution is -0.121. The summed E-state index contributed by atoms with van der Waals surface area (Å²) in [7, 11) is 14.4. The maximum Gasteiger partial charge on any atom is 0.217 e. The third-order valence-corrected chi connectivity index (χ3v) is 7.40. The highest BCUT2D eigenvalue weighted by Crippen LogP contribution is 1.96. The van der Waals surface area contributed by atoms with E-state index in [2.05, 4.69) is 43.0 Å². The minimum absolute atomic E-state index is 0.126. The van der Waals surface area contributed by atoms with Gasteiger partial charge in [-0.2, -0.15) is 0 Å². The van der Waals surface area contributed by atoms with Crippen LogP contribution >= 0.6 is 0 Å². The second-order valence-electron chi connectivity index (χ2n) is 12.6. The Hall–Kier alpha value is -2.60. The number of hydrogen-bond donors (Lipinski definition) is 12. The normalized spacial score (nSPS) is 15.5. The molecule has 0 spiro atoms. The molecule has 0 aromatic carbocycles. The molecule has 312 valence electrons. The van der Waals surface area contributed by atoms with Crippen molar-refractivity contribution in [1.82, 2.24) is 63.0 Å². The van der Waals surface area contributed by atoms with Crippen LogP contribution in [0.25, 0.3) is 0 Å². The van der Waals surface area contributed by atoms with Gasteiger partial charge in [0.05, 0.1) is 48.6 Å². The molecule has 0 aliphatic rings. The van der Waals surface area contributed by atoms with E-state index in [1.807, 2.05) is 28.2 Å². The SMILES string of the molecule is CNN(C)CC(O)C(C)NC(C)=O.CNN(C)CC(O)C(C)NC(C)=O.CNN(C)CC(O)C(C)NC(C)=O.CNN(C)CC(O)C(C)NC(C)=O. The first-order chi connectivity index (χ1) is 23.9. The Morgan fingerprint density at radius 1 is 0.404 bits per heavy atom. The van der Waals surface area contributed by atoms with E-state index in [-0.39, 0.29) is 47.8 Å². The molecule has 0 heterocycles. The summed E-state index contributed by atoms with van der Waals surface area (Å²) in [5.74, 6) is -0.505. The fraction of sp³-hybridized carbons (Fsp3) is 0.875. The zero-order chi connectivity index (χ0) is 41.7. The fourth-order valence-electron chi connectivity index (χ4n) is 3.79. The molecule has 8 atom stereocenters. The first-order valence-corrected chi connectivity index (χ1v) is 17.2. The van der Waals surface area contributed by atoms with E-state index in [4.69, 9.17) is 0 Å². The number of nitrogens with one attached hydrogen (secondary N) is 8. The van der Waals surface area contributed by atoms with Crippen LogP contribution in [-0.2, 0) is 19.2 Å². The number of hydrazine groups is 4. The number of carbonyl (C=O) groups excluding carboxylic acids is 4. The third-order valence-electron chi connectivity index (χ3n) is 7.40. The van der Waals surface area contributed by atoms with Gasteiger partial charge in [-0.05, 0) is 55.9 Å². The first kappa shape index (κ1) is 56.1. The van der Waals surface area contributed by atoms with Crippen LogP contribution in [0.2, 0.25) is 0 Å². The molecule has 0 bridgehead atoms. The lowest BCUT2D eigenvalue weighted by atomic mass is 10.2. The number of aliphatic hydroxyl groups is 4. The first-order valence-electron chi connectivity index (χ1n) is 17.2. The second kappa shape index (κ2) is 33.0. The molecular formula is C32H76N12O8. The van der Waals surface area contributed by atoms with E-state index >= 15 is 0 Å². The van der Waals surface area contributed by atoms with E-state index in [0.29, 0.717) is 26.2 Å². The molecule has 0 saturated heterocycles. The minimum Gasteiger partial charge on any atom is -0.390 e. The number of hydrogen-bond acceptors (Lipinski definition) is 16. The largest absolute Gasteiger partial charge is 0.390 e. The summed E-state index contributed by atoms with van der Waals surface area (Å²) in [6, 6.07) is -0.914. The number of aliphatic hydroxyl groups excluding tert-OH is 4. The van der Waals surface area contributed by atoms with Gasteiger partial charge in [0.25, 0.3) is 0 Å². The Bertz CT molecular complexity index is 798. The molecule has 0 rings (SSSR count). The average Bonchev–Trinajstić information content (AvgIpc) is 3.03. The van der Waals surface area contributed by atoms with Crippen LogP contribution in [0, 0.1) is 0 Å². The summed E-state index contributed by atoms with van der Waals surface area (Å²) in [6.07, 6.45) is -2.27. The molecule has 0 aliphatic heterocycles. The van der Waals surface area contributed by atoms with Crippen LogP contribution in [0.5, 0.6) is 0 Å². The van der Waals surface area contributed by atoms with Crippen molar-refractivity contribution >= 4 is 23.6 Å². The van der Waals surface area contributed by atoms with Gasteiger partial charge in [-0.15, -0.1) is 0 Å². The average molecular weight is 757 g/mol. The maximum atomic E-state index is 10.7. The molecular weight excluding hydrogens is 680 g/mol. The molecule has 0 saturated carbocycles. The van der Waals surface area contributed by atoms with Crippen LogP contribution in [-0.4, -0.2) is 195 Å². The van der Waals surface area contributed by atoms with Gasteiger partial charge in [0.2, 0.25) is 23.6 Å². The van der Waals surface area contributed by atoms with E-state index < -0.39 is 24.4 Å². The van der Waals surface area contributed by atoms with Crippen LogP contribution in [0.1, 0.15) is 55.4 Å². The maximum absolute atomic E-state index is 10.7. The summed E-state index contributed by atoms with van der Waals surface area (Å²) in [5.41, 5.74) is 11.5. The van der Waals surface area contributed by atoms with Gasteiger partial charge in [0.15, 0.2) is 0 Å². The topological polar surface area (TPSA) is 258 Å². The summed E-state index contributed by atoms with van der Waals surface area (Å²) < 4.78 is 0. The zero-order valence-corrected chi connectivity index (χ0v) is 34.7. The van der Waals surface area contributed by atoms with E-state index in [9.17, 15) is 39.6 Å². The van der Waals surface area contributed by atoms with Crippen molar-refractivity contribution in [3.05, 3.63) is 0 Å². The Morgan fingerprint density at radius 3 is 0.635 bits per heavy atom. The van der Waals surface area contributed by atoms with Gasteiger partial charge in [0.1, 0.15) is 0 Å². The highest BCUT2D eigenvalue weighted by molar-refractivity contribution is 5.74.